The molecular weight excluding hydrogens is 300 g/mol. The summed E-state index contributed by atoms with van der Waals surface area (Å²) in [5, 5.41) is 2.90. The van der Waals surface area contributed by atoms with Gasteiger partial charge in [-0.1, -0.05) is 42.5 Å². The molecule has 2 aromatic carbocycles. The van der Waals surface area contributed by atoms with Crippen LogP contribution in [0, 0.1) is 0 Å². The molecule has 0 aromatic heterocycles. The summed E-state index contributed by atoms with van der Waals surface area (Å²) < 4.78 is 5.75. The van der Waals surface area contributed by atoms with E-state index in [9.17, 15) is 4.79 Å². The lowest BCUT2D eigenvalue weighted by Crippen LogP contribution is -2.49. The fourth-order valence-electron chi connectivity index (χ4n) is 2.27. The minimum absolute atomic E-state index is 0.132. The Morgan fingerprint density at radius 3 is 2.25 bits per heavy atom. The summed E-state index contributed by atoms with van der Waals surface area (Å²) in [5.74, 6) is 0.669. The fraction of sp³-hybridized carbons (Fsp3) is 0.350. The standard InChI is InChI=1S/C20H26N2O2/c1-20(2,3)22-19(23)18(21)13-15-9-11-17(12-10-15)24-14-16-7-5-4-6-8-16/h4-12,18H,13-14,21H2,1-3H3,(H,22,23). The van der Waals surface area contributed by atoms with Crippen molar-refractivity contribution in [1.29, 1.82) is 0 Å². The van der Waals surface area contributed by atoms with Gasteiger partial charge in [0, 0.05) is 5.54 Å². The minimum atomic E-state index is -0.555. The molecule has 1 atom stereocenters. The summed E-state index contributed by atoms with van der Waals surface area (Å²) >= 11 is 0. The van der Waals surface area contributed by atoms with Crippen LogP contribution in [0.15, 0.2) is 54.6 Å². The zero-order valence-corrected chi connectivity index (χ0v) is 14.6. The number of rotatable bonds is 6. The summed E-state index contributed by atoms with van der Waals surface area (Å²) in [6, 6.07) is 17.2. The van der Waals surface area contributed by atoms with Crippen molar-refractivity contribution in [1.82, 2.24) is 5.32 Å². The molecule has 0 bridgehead atoms. The molecule has 0 heterocycles. The Labute approximate surface area is 144 Å². The Kier molecular flexibility index (Phi) is 5.99. The maximum absolute atomic E-state index is 12.0. The Balaban J connectivity index is 1.86. The predicted octanol–water partition coefficient (Wildman–Crippen LogP) is 3.05. The number of nitrogens with one attached hydrogen (secondary N) is 1. The van der Waals surface area contributed by atoms with E-state index in [2.05, 4.69) is 5.32 Å². The van der Waals surface area contributed by atoms with Gasteiger partial charge in [-0.2, -0.15) is 0 Å². The zero-order valence-electron chi connectivity index (χ0n) is 14.6. The van der Waals surface area contributed by atoms with Gasteiger partial charge in [-0.15, -0.1) is 0 Å². The molecule has 3 N–H and O–H groups in total. The quantitative estimate of drug-likeness (QED) is 0.857. The van der Waals surface area contributed by atoms with Crippen LogP contribution in [0.5, 0.6) is 5.75 Å². The van der Waals surface area contributed by atoms with E-state index < -0.39 is 6.04 Å². The van der Waals surface area contributed by atoms with Gasteiger partial charge in [0.05, 0.1) is 6.04 Å². The predicted molar refractivity (Wildman–Crippen MR) is 96.8 cm³/mol. The number of hydrogen-bond donors (Lipinski definition) is 2. The second-order valence-electron chi connectivity index (χ2n) is 6.97. The van der Waals surface area contributed by atoms with E-state index in [1.54, 1.807) is 0 Å². The maximum Gasteiger partial charge on any atom is 0.237 e. The van der Waals surface area contributed by atoms with E-state index in [-0.39, 0.29) is 11.4 Å². The topological polar surface area (TPSA) is 64.4 Å². The normalized spacial score (nSPS) is 12.5. The maximum atomic E-state index is 12.0. The molecule has 4 nitrogen and oxygen atoms in total. The first-order valence-electron chi connectivity index (χ1n) is 8.17. The molecule has 24 heavy (non-hydrogen) atoms. The fourth-order valence-corrected chi connectivity index (χ4v) is 2.27. The number of carbonyl (C=O) groups excluding carboxylic acids is 1. The first-order chi connectivity index (χ1) is 11.3. The molecule has 0 saturated carbocycles. The number of nitrogens with two attached hydrogens (primary N) is 1. The molecule has 128 valence electrons. The first-order valence-corrected chi connectivity index (χ1v) is 8.17. The molecule has 1 amide bonds. The smallest absolute Gasteiger partial charge is 0.237 e. The van der Waals surface area contributed by atoms with Crippen LogP contribution in [0.25, 0.3) is 0 Å². The Bertz CT molecular complexity index is 646. The van der Waals surface area contributed by atoms with Crippen LogP contribution >= 0.6 is 0 Å². The molecule has 4 heteroatoms. The van der Waals surface area contributed by atoms with Gasteiger partial charge in [0.15, 0.2) is 0 Å². The molecule has 0 spiro atoms. The molecule has 0 saturated heterocycles. The van der Waals surface area contributed by atoms with Crippen LogP contribution in [0.1, 0.15) is 31.9 Å². The van der Waals surface area contributed by atoms with Crippen LogP contribution < -0.4 is 15.8 Å². The Morgan fingerprint density at radius 1 is 1.04 bits per heavy atom. The molecule has 0 aliphatic heterocycles. The van der Waals surface area contributed by atoms with Crippen molar-refractivity contribution < 1.29 is 9.53 Å². The number of amides is 1. The highest BCUT2D eigenvalue weighted by molar-refractivity contribution is 5.82. The largest absolute Gasteiger partial charge is 0.489 e. The molecule has 0 aliphatic carbocycles. The molecule has 0 radical (unpaired) electrons. The lowest BCUT2D eigenvalue weighted by atomic mass is 10.0. The Morgan fingerprint density at radius 2 is 1.67 bits per heavy atom. The van der Waals surface area contributed by atoms with E-state index in [0.29, 0.717) is 13.0 Å². The average Bonchev–Trinajstić information content (AvgIpc) is 2.53. The van der Waals surface area contributed by atoms with Gasteiger partial charge in [0.1, 0.15) is 12.4 Å². The third kappa shape index (κ3) is 6.05. The first kappa shape index (κ1) is 18.0. The molecular formula is C20H26N2O2. The van der Waals surface area contributed by atoms with E-state index in [1.807, 2.05) is 75.4 Å². The number of ether oxygens (including phenoxy) is 1. The summed E-state index contributed by atoms with van der Waals surface area (Å²) in [6.45, 7) is 6.36. The molecule has 0 aliphatic rings. The molecule has 0 fully saturated rings. The second kappa shape index (κ2) is 7.97. The lowest BCUT2D eigenvalue weighted by Gasteiger charge is -2.23. The minimum Gasteiger partial charge on any atom is -0.489 e. The van der Waals surface area contributed by atoms with Crippen molar-refractivity contribution >= 4 is 5.91 Å². The van der Waals surface area contributed by atoms with E-state index >= 15 is 0 Å². The highest BCUT2D eigenvalue weighted by atomic mass is 16.5. The summed E-state index contributed by atoms with van der Waals surface area (Å²) in [5.41, 5.74) is 7.85. The monoisotopic (exact) mass is 326 g/mol. The van der Waals surface area contributed by atoms with Crippen LogP contribution in [0.2, 0.25) is 0 Å². The summed E-state index contributed by atoms with van der Waals surface area (Å²) in [7, 11) is 0. The van der Waals surface area contributed by atoms with E-state index in [0.717, 1.165) is 16.9 Å². The van der Waals surface area contributed by atoms with Crippen molar-refractivity contribution in [2.24, 2.45) is 5.73 Å². The highest BCUT2D eigenvalue weighted by Crippen LogP contribution is 2.15. The van der Waals surface area contributed by atoms with Gasteiger partial charge in [0.2, 0.25) is 5.91 Å². The van der Waals surface area contributed by atoms with Gasteiger partial charge in [-0.25, -0.2) is 0 Å². The number of carbonyl (C=O) groups is 1. The average molecular weight is 326 g/mol. The highest BCUT2D eigenvalue weighted by Gasteiger charge is 2.19. The van der Waals surface area contributed by atoms with Gasteiger partial charge in [-0.3, -0.25) is 4.79 Å². The summed E-state index contributed by atoms with van der Waals surface area (Å²) in [6.07, 6.45) is 0.501. The third-order valence-corrected chi connectivity index (χ3v) is 3.46. The van der Waals surface area contributed by atoms with Gasteiger partial charge in [0.25, 0.3) is 0 Å². The molecule has 2 aromatic rings. The Hall–Kier alpha value is -2.33. The number of hydrogen-bond acceptors (Lipinski definition) is 3. The van der Waals surface area contributed by atoms with Gasteiger partial charge in [-0.05, 0) is 50.5 Å². The van der Waals surface area contributed by atoms with Crippen molar-refractivity contribution in [3.8, 4) is 5.75 Å². The van der Waals surface area contributed by atoms with Crippen molar-refractivity contribution in [3.05, 3.63) is 65.7 Å². The lowest BCUT2D eigenvalue weighted by molar-refractivity contribution is -0.123. The van der Waals surface area contributed by atoms with Crippen LogP contribution in [-0.4, -0.2) is 17.5 Å². The van der Waals surface area contributed by atoms with Crippen LogP contribution in [-0.2, 0) is 17.8 Å². The second-order valence-corrected chi connectivity index (χ2v) is 6.97. The molecule has 1 unspecified atom stereocenters. The van der Waals surface area contributed by atoms with E-state index in [1.165, 1.54) is 0 Å². The van der Waals surface area contributed by atoms with Crippen molar-refractivity contribution in [2.75, 3.05) is 0 Å². The SMILES string of the molecule is CC(C)(C)NC(=O)C(N)Cc1ccc(OCc2ccccc2)cc1. The summed E-state index contributed by atoms with van der Waals surface area (Å²) in [4.78, 5) is 12.0. The van der Waals surface area contributed by atoms with Crippen molar-refractivity contribution in [2.45, 2.75) is 45.4 Å². The van der Waals surface area contributed by atoms with Crippen LogP contribution in [0.3, 0.4) is 0 Å². The van der Waals surface area contributed by atoms with Gasteiger partial charge < -0.3 is 15.8 Å². The van der Waals surface area contributed by atoms with Gasteiger partial charge >= 0.3 is 0 Å². The number of benzene rings is 2. The third-order valence-electron chi connectivity index (χ3n) is 3.46. The molecule has 2 rings (SSSR count). The van der Waals surface area contributed by atoms with Crippen LogP contribution in [0.4, 0.5) is 0 Å². The van der Waals surface area contributed by atoms with Crippen molar-refractivity contribution in [3.63, 3.8) is 0 Å². The zero-order chi connectivity index (χ0) is 17.6. The van der Waals surface area contributed by atoms with E-state index in [4.69, 9.17) is 10.5 Å².